The minimum atomic E-state index is -0.0524. The van der Waals surface area contributed by atoms with Crippen LogP contribution in [0.5, 0.6) is 5.75 Å². The second-order valence-electron chi connectivity index (χ2n) is 7.52. The third-order valence-electron chi connectivity index (χ3n) is 5.49. The van der Waals surface area contributed by atoms with Crippen LogP contribution in [-0.4, -0.2) is 44.8 Å². The van der Waals surface area contributed by atoms with Gasteiger partial charge in [0, 0.05) is 37.2 Å². The van der Waals surface area contributed by atoms with Gasteiger partial charge in [-0.1, -0.05) is 48.5 Å². The maximum absolute atomic E-state index is 13.1. The monoisotopic (exact) mass is 398 g/mol. The van der Waals surface area contributed by atoms with Crippen LogP contribution in [0.25, 0.3) is 22.2 Å². The highest BCUT2D eigenvalue weighted by Crippen LogP contribution is 2.27. The first-order chi connectivity index (χ1) is 14.7. The average Bonchev–Trinajstić information content (AvgIpc) is 3.41. The SMILES string of the molecule is Cn1nc(-c2ccccc2)cc1C(=O)N1CC[C@H](Oc2cccc3cccnc23)C1. The molecule has 0 N–H and O–H groups in total. The number of aryl methyl sites for hydroxylation is 1. The zero-order valence-electron chi connectivity index (χ0n) is 16.7. The molecule has 5 rings (SSSR count). The fraction of sp³-hybridized carbons (Fsp3) is 0.208. The van der Waals surface area contributed by atoms with Gasteiger partial charge in [-0.05, 0) is 18.2 Å². The van der Waals surface area contributed by atoms with E-state index in [0.717, 1.165) is 34.3 Å². The molecule has 0 unspecified atom stereocenters. The first-order valence-corrected chi connectivity index (χ1v) is 10.1. The molecule has 2 aromatic heterocycles. The van der Waals surface area contributed by atoms with Crippen molar-refractivity contribution in [2.45, 2.75) is 12.5 Å². The Morgan fingerprint density at radius 2 is 1.90 bits per heavy atom. The number of ether oxygens (including phenoxy) is 1. The Kier molecular flexibility index (Phi) is 4.67. The van der Waals surface area contributed by atoms with Crippen LogP contribution in [0.3, 0.4) is 0 Å². The Bertz CT molecular complexity index is 1200. The molecule has 1 fully saturated rings. The van der Waals surface area contributed by atoms with Crippen LogP contribution >= 0.6 is 0 Å². The second kappa shape index (κ2) is 7.63. The normalized spacial score (nSPS) is 16.2. The van der Waals surface area contributed by atoms with Crippen molar-refractivity contribution in [1.29, 1.82) is 0 Å². The molecule has 2 aromatic carbocycles. The standard InChI is InChI=1S/C24H22N4O2/c1-27-21(15-20(26-27)17-7-3-2-4-8-17)24(29)28-14-12-19(16-28)30-22-11-5-9-18-10-6-13-25-23(18)22/h2-11,13,15,19H,12,14,16H2,1H3/t19-/m0/s1. The number of rotatable bonds is 4. The number of hydrogen-bond donors (Lipinski definition) is 0. The van der Waals surface area contributed by atoms with Crippen molar-refractivity contribution in [3.8, 4) is 17.0 Å². The lowest BCUT2D eigenvalue weighted by molar-refractivity contribution is 0.0762. The number of carbonyl (C=O) groups excluding carboxylic acids is 1. The predicted octanol–water partition coefficient (Wildman–Crippen LogP) is 3.93. The smallest absolute Gasteiger partial charge is 0.272 e. The van der Waals surface area contributed by atoms with Gasteiger partial charge in [0.2, 0.25) is 0 Å². The molecule has 3 heterocycles. The number of hydrogen-bond acceptors (Lipinski definition) is 4. The zero-order chi connectivity index (χ0) is 20.5. The third-order valence-corrected chi connectivity index (χ3v) is 5.49. The molecule has 4 aromatic rings. The molecule has 0 radical (unpaired) electrons. The first kappa shape index (κ1) is 18.4. The first-order valence-electron chi connectivity index (χ1n) is 10.1. The van der Waals surface area contributed by atoms with E-state index in [1.165, 1.54) is 0 Å². The van der Waals surface area contributed by atoms with Crippen LogP contribution in [0.1, 0.15) is 16.9 Å². The Morgan fingerprint density at radius 1 is 1.07 bits per heavy atom. The molecule has 0 saturated carbocycles. The van der Waals surface area contributed by atoms with Crippen molar-refractivity contribution in [3.05, 3.63) is 78.6 Å². The molecular formula is C24H22N4O2. The van der Waals surface area contributed by atoms with E-state index in [-0.39, 0.29) is 12.0 Å². The van der Waals surface area contributed by atoms with E-state index in [1.54, 1.807) is 10.9 Å². The maximum atomic E-state index is 13.1. The van der Waals surface area contributed by atoms with Gasteiger partial charge in [-0.3, -0.25) is 14.5 Å². The molecular weight excluding hydrogens is 376 g/mol. The van der Waals surface area contributed by atoms with Gasteiger partial charge in [-0.2, -0.15) is 5.10 Å². The Hall–Kier alpha value is -3.67. The number of pyridine rings is 1. The summed E-state index contributed by atoms with van der Waals surface area (Å²) in [6, 6.07) is 21.6. The molecule has 6 nitrogen and oxygen atoms in total. The van der Waals surface area contributed by atoms with Crippen molar-refractivity contribution < 1.29 is 9.53 Å². The average molecular weight is 398 g/mol. The minimum absolute atomic E-state index is 0.0191. The van der Waals surface area contributed by atoms with E-state index in [1.807, 2.05) is 78.7 Å². The summed E-state index contributed by atoms with van der Waals surface area (Å²) in [5, 5.41) is 5.57. The summed E-state index contributed by atoms with van der Waals surface area (Å²) in [6.07, 6.45) is 2.51. The maximum Gasteiger partial charge on any atom is 0.272 e. The van der Waals surface area contributed by atoms with Crippen molar-refractivity contribution >= 4 is 16.8 Å². The molecule has 1 saturated heterocycles. The van der Waals surface area contributed by atoms with Crippen LogP contribution in [0, 0.1) is 0 Å². The largest absolute Gasteiger partial charge is 0.486 e. The van der Waals surface area contributed by atoms with E-state index in [2.05, 4.69) is 10.1 Å². The van der Waals surface area contributed by atoms with Crippen molar-refractivity contribution in [3.63, 3.8) is 0 Å². The van der Waals surface area contributed by atoms with Crippen molar-refractivity contribution in [1.82, 2.24) is 19.7 Å². The van der Waals surface area contributed by atoms with Crippen molar-refractivity contribution in [2.75, 3.05) is 13.1 Å². The van der Waals surface area contributed by atoms with Crippen LogP contribution in [0.2, 0.25) is 0 Å². The fourth-order valence-corrected chi connectivity index (χ4v) is 3.94. The van der Waals surface area contributed by atoms with Gasteiger partial charge >= 0.3 is 0 Å². The van der Waals surface area contributed by atoms with Gasteiger partial charge in [0.05, 0.1) is 12.2 Å². The zero-order valence-corrected chi connectivity index (χ0v) is 16.7. The summed E-state index contributed by atoms with van der Waals surface area (Å²) < 4.78 is 7.89. The molecule has 1 atom stereocenters. The summed E-state index contributed by atoms with van der Waals surface area (Å²) >= 11 is 0. The Balaban J connectivity index is 1.31. The lowest BCUT2D eigenvalue weighted by Crippen LogP contribution is -2.32. The predicted molar refractivity (Wildman–Crippen MR) is 115 cm³/mol. The number of carbonyl (C=O) groups is 1. The highest BCUT2D eigenvalue weighted by Gasteiger charge is 2.30. The molecule has 150 valence electrons. The molecule has 0 bridgehead atoms. The van der Waals surface area contributed by atoms with E-state index >= 15 is 0 Å². The number of fused-ring (bicyclic) bond motifs is 1. The van der Waals surface area contributed by atoms with E-state index in [4.69, 9.17) is 4.74 Å². The lowest BCUT2D eigenvalue weighted by Gasteiger charge is -2.17. The number of aromatic nitrogens is 3. The molecule has 1 amide bonds. The van der Waals surface area contributed by atoms with Crippen LogP contribution in [0.4, 0.5) is 0 Å². The number of nitrogens with zero attached hydrogens (tertiary/aromatic N) is 4. The van der Waals surface area contributed by atoms with Crippen LogP contribution < -0.4 is 4.74 Å². The van der Waals surface area contributed by atoms with Gasteiger partial charge in [0.15, 0.2) is 0 Å². The molecule has 6 heteroatoms. The summed E-state index contributed by atoms with van der Waals surface area (Å²) in [6.45, 7) is 1.21. The Morgan fingerprint density at radius 3 is 2.77 bits per heavy atom. The summed E-state index contributed by atoms with van der Waals surface area (Å²) in [4.78, 5) is 19.4. The minimum Gasteiger partial charge on any atom is -0.486 e. The van der Waals surface area contributed by atoms with Crippen LogP contribution in [0.15, 0.2) is 72.9 Å². The van der Waals surface area contributed by atoms with Crippen molar-refractivity contribution in [2.24, 2.45) is 7.05 Å². The number of benzene rings is 2. The van der Waals surface area contributed by atoms with Gasteiger partial charge in [-0.15, -0.1) is 0 Å². The molecule has 1 aliphatic rings. The summed E-state index contributed by atoms with van der Waals surface area (Å²) in [5.41, 5.74) is 3.23. The number of amides is 1. The van der Waals surface area contributed by atoms with E-state index in [9.17, 15) is 4.79 Å². The topological polar surface area (TPSA) is 60.2 Å². The van der Waals surface area contributed by atoms with Gasteiger partial charge < -0.3 is 9.64 Å². The molecule has 30 heavy (non-hydrogen) atoms. The fourth-order valence-electron chi connectivity index (χ4n) is 3.94. The van der Waals surface area contributed by atoms with Gasteiger partial charge in [0.25, 0.3) is 5.91 Å². The number of para-hydroxylation sites is 1. The second-order valence-corrected chi connectivity index (χ2v) is 7.52. The van der Waals surface area contributed by atoms with E-state index in [0.29, 0.717) is 18.8 Å². The van der Waals surface area contributed by atoms with Gasteiger partial charge in [-0.25, -0.2) is 0 Å². The number of likely N-dealkylation sites (tertiary alicyclic amines) is 1. The molecule has 0 spiro atoms. The van der Waals surface area contributed by atoms with Crippen LogP contribution in [-0.2, 0) is 7.05 Å². The summed E-state index contributed by atoms with van der Waals surface area (Å²) in [7, 11) is 1.81. The highest BCUT2D eigenvalue weighted by molar-refractivity contribution is 5.94. The lowest BCUT2D eigenvalue weighted by atomic mass is 10.1. The Labute approximate surface area is 174 Å². The molecule has 1 aliphatic heterocycles. The quantitative estimate of drug-likeness (QED) is 0.523. The summed E-state index contributed by atoms with van der Waals surface area (Å²) in [5.74, 6) is 0.744. The highest BCUT2D eigenvalue weighted by atomic mass is 16.5. The van der Waals surface area contributed by atoms with Gasteiger partial charge in [0.1, 0.15) is 23.1 Å². The molecule has 0 aliphatic carbocycles. The third kappa shape index (κ3) is 3.41. The van der Waals surface area contributed by atoms with E-state index < -0.39 is 0 Å².